The van der Waals surface area contributed by atoms with Crippen LogP contribution in [-0.2, 0) is 23.8 Å². The molecule has 170 valence electrons. The second-order valence-electron chi connectivity index (χ2n) is 6.26. The van der Waals surface area contributed by atoms with Gasteiger partial charge in [0, 0.05) is 12.3 Å². The highest BCUT2D eigenvalue weighted by atomic mass is 16.5. The number of ether oxygens (including phenoxy) is 5. The fourth-order valence-corrected chi connectivity index (χ4v) is 2.70. The number of nitrogens with zero attached hydrogens (tertiary/aromatic N) is 2. The molecule has 1 heterocycles. The van der Waals surface area contributed by atoms with Crippen LogP contribution in [0.3, 0.4) is 0 Å². The molecule has 0 aliphatic rings. The van der Waals surface area contributed by atoms with Gasteiger partial charge in [-0.2, -0.15) is 5.26 Å². The molecule has 0 unspecified atom stereocenters. The maximum atomic E-state index is 12.4. The molecular weight excluding hydrogens is 422 g/mol. The third-order valence-corrected chi connectivity index (χ3v) is 4.33. The summed E-state index contributed by atoms with van der Waals surface area (Å²) in [5.41, 5.74) is 6.20. The van der Waals surface area contributed by atoms with Gasteiger partial charge in [-0.25, -0.2) is 4.79 Å². The molecule has 0 aliphatic heterocycles. The lowest BCUT2D eigenvalue weighted by Crippen LogP contribution is -2.13. The maximum Gasteiger partial charge on any atom is 0.357 e. The number of rotatable bonds is 10. The summed E-state index contributed by atoms with van der Waals surface area (Å²) in [6.45, 7) is 0.0490. The third-order valence-electron chi connectivity index (χ3n) is 4.33. The van der Waals surface area contributed by atoms with Crippen molar-refractivity contribution in [2.45, 2.75) is 12.8 Å². The molecule has 0 saturated heterocycles. The van der Waals surface area contributed by atoms with Crippen LogP contribution in [0.2, 0.25) is 0 Å². The van der Waals surface area contributed by atoms with Gasteiger partial charge in [0.05, 0.1) is 64.3 Å². The zero-order valence-electron chi connectivity index (χ0n) is 17.9. The highest BCUT2D eigenvalue weighted by Crippen LogP contribution is 2.33. The van der Waals surface area contributed by atoms with Crippen molar-refractivity contribution in [1.82, 2.24) is 4.57 Å². The number of esters is 3. The quantitative estimate of drug-likeness (QED) is 0.421. The van der Waals surface area contributed by atoms with E-state index in [9.17, 15) is 19.6 Å². The minimum Gasteiger partial charge on any atom is -0.493 e. The highest BCUT2D eigenvalue weighted by Gasteiger charge is 2.24. The lowest BCUT2D eigenvalue weighted by atomic mass is 10.2. The number of anilines is 1. The van der Waals surface area contributed by atoms with Gasteiger partial charge in [-0.15, -0.1) is 0 Å². The third kappa shape index (κ3) is 5.69. The number of nitriles is 1. The van der Waals surface area contributed by atoms with Gasteiger partial charge in [-0.3, -0.25) is 9.59 Å². The fourth-order valence-electron chi connectivity index (χ4n) is 2.70. The smallest absolute Gasteiger partial charge is 0.357 e. The minimum atomic E-state index is -0.762. The Balaban J connectivity index is 2.47. The molecule has 32 heavy (non-hydrogen) atoms. The number of methoxy groups -OCH3 is 3. The molecule has 11 heteroatoms. The molecule has 0 radical (unpaired) electrons. The molecule has 0 bridgehead atoms. The summed E-state index contributed by atoms with van der Waals surface area (Å²) < 4.78 is 26.6. The van der Waals surface area contributed by atoms with E-state index in [4.69, 9.17) is 19.9 Å². The molecular formula is C21H23N3O8. The van der Waals surface area contributed by atoms with Crippen LogP contribution in [0, 0.1) is 11.3 Å². The van der Waals surface area contributed by atoms with E-state index < -0.39 is 17.9 Å². The Morgan fingerprint density at radius 1 is 1.00 bits per heavy atom. The number of hydrogen-bond acceptors (Lipinski definition) is 10. The van der Waals surface area contributed by atoms with Crippen LogP contribution < -0.4 is 15.2 Å². The van der Waals surface area contributed by atoms with E-state index in [0.717, 1.165) is 0 Å². The topological polar surface area (TPSA) is 152 Å². The summed E-state index contributed by atoms with van der Waals surface area (Å²) in [4.78, 5) is 35.1. The molecule has 2 aromatic rings. The normalized spacial score (nSPS) is 10.1. The summed E-state index contributed by atoms with van der Waals surface area (Å²) in [5.74, 6) is -1.02. The highest BCUT2D eigenvalue weighted by molar-refractivity contribution is 5.96. The van der Waals surface area contributed by atoms with E-state index in [1.165, 1.54) is 38.2 Å². The Kier molecular flexibility index (Phi) is 8.47. The first-order valence-electron chi connectivity index (χ1n) is 9.39. The molecule has 0 aliphatic carbocycles. The second-order valence-corrected chi connectivity index (χ2v) is 6.26. The number of benzene rings is 1. The van der Waals surface area contributed by atoms with Gasteiger partial charge in [0.25, 0.3) is 0 Å². The van der Waals surface area contributed by atoms with Gasteiger partial charge in [0.15, 0.2) is 5.69 Å². The van der Waals surface area contributed by atoms with Gasteiger partial charge in [-0.05, 0) is 12.1 Å². The average molecular weight is 445 g/mol. The van der Waals surface area contributed by atoms with E-state index in [-0.39, 0.29) is 48.7 Å². The first-order valence-corrected chi connectivity index (χ1v) is 9.39. The standard InChI is InChI=1S/C21H23N3O8/c1-28-17(25)6-8-31-14-4-5-16(32-9-7-18(26)29-2)15(10-14)24-12-13(11-22)19(23)20(24)21(27)30-3/h4-5,10,12H,6-9,23H2,1-3H3. The maximum absolute atomic E-state index is 12.4. The number of aromatic nitrogens is 1. The van der Waals surface area contributed by atoms with Crippen LogP contribution in [0.1, 0.15) is 28.9 Å². The molecule has 0 saturated carbocycles. The largest absolute Gasteiger partial charge is 0.493 e. The fraction of sp³-hybridized carbons (Fsp3) is 0.333. The predicted octanol–water partition coefficient (Wildman–Crippen LogP) is 1.60. The van der Waals surface area contributed by atoms with Crippen molar-refractivity contribution in [3.8, 4) is 23.3 Å². The van der Waals surface area contributed by atoms with E-state index in [0.29, 0.717) is 11.4 Å². The Hall–Kier alpha value is -4.20. The van der Waals surface area contributed by atoms with Gasteiger partial charge in [0.2, 0.25) is 0 Å². The van der Waals surface area contributed by atoms with Crippen LogP contribution in [0.4, 0.5) is 5.69 Å². The molecule has 2 rings (SSSR count). The van der Waals surface area contributed by atoms with Crippen molar-refractivity contribution in [3.05, 3.63) is 35.7 Å². The predicted molar refractivity (Wildman–Crippen MR) is 110 cm³/mol. The number of nitrogens with two attached hydrogens (primary N) is 1. The molecule has 2 N–H and O–H groups in total. The van der Waals surface area contributed by atoms with Crippen molar-refractivity contribution >= 4 is 23.6 Å². The molecule has 1 aromatic heterocycles. The number of carbonyl (C=O) groups excluding carboxylic acids is 3. The van der Waals surface area contributed by atoms with Crippen molar-refractivity contribution in [1.29, 1.82) is 5.26 Å². The van der Waals surface area contributed by atoms with Crippen molar-refractivity contribution in [2.24, 2.45) is 0 Å². The van der Waals surface area contributed by atoms with E-state index >= 15 is 0 Å². The zero-order valence-corrected chi connectivity index (χ0v) is 17.9. The Bertz CT molecular complexity index is 1040. The molecule has 1 aromatic carbocycles. The monoisotopic (exact) mass is 445 g/mol. The Morgan fingerprint density at radius 3 is 2.19 bits per heavy atom. The van der Waals surface area contributed by atoms with Crippen LogP contribution in [0.5, 0.6) is 11.5 Å². The van der Waals surface area contributed by atoms with Crippen molar-refractivity contribution in [3.63, 3.8) is 0 Å². The van der Waals surface area contributed by atoms with E-state index in [1.54, 1.807) is 12.1 Å². The van der Waals surface area contributed by atoms with Crippen LogP contribution in [-0.4, -0.2) is 57.0 Å². The summed E-state index contributed by atoms with van der Waals surface area (Å²) in [7, 11) is 3.73. The van der Waals surface area contributed by atoms with Gasteiger partial charge in [-0.1, -0.05) is 0 Å². The average Bonchev–Trinajstić information content (AvgIpc) is 3.14. The lowest BCUT2D eigenvalue weighted by molar-refractivity contribution is -0.142. The van der Waals surface area contributed by atoms with Gasteiger partial charge >= 0.3 is 17.9 Å². The number of carbonyl (C=O) groups is 3. The number of nitrogen functional groups attached to an aromatic ring is 1. The molecule has 0 amide bonds. The summed E-state index contributed by atoms with van der Waals surface area (Å²) in [5, 5.41) is 9.36. The molecule has 0 atom stereocenters. The molecule has 0 spiro atoms. The van der Waals surface area contributed by atoms with Gasteiger partial charge in [0.1, 0.15) is 17.6 Å². The lowest BCUT2D eigenvalue weighted by Gasteiger charge is -2.16. The Labute approximate surface area is 184 Å². The van der Waals surface area contributed by atoms with Crippen molar-refractivity contribution in [2.75, 3.05) is 40.3 Å². The van der Waals surface area contributed by atoms with Crippen molar-refractivity contribution < 1.29 is 38.1 Å². The summed E-state index contributed by atoms with van der Waals surface area (Å²) in [6.07, 6.45) is 1.39. The zero-order chi connectivity index (χ0) is 23.7. The van der Waals surface area contributed by atoms with Crippen LogP contribution in [0.15, 0.2) is 24.4 Å². The van der Waals surface area contributed by atoms with Gasteiger partial charge < -0.3 is 34.0 Å². The SMILES string of the molecule is COC(=O)CCOc1ccc(OCCC(=O)OC)c(-n2cc(C#N)c(N)c2C(=O)OC)c1. The van der Waals surface area contributed by atoms with E-state index in [1.807, 2.05) is 6.07 Å². The van der Waals surface area contributed by atoms with Crippen LogP contribution >= 0.6 is 0 Å². The first kappa shape index (κ1) is 24.1. The minimum absolute atomic E-state index is 0.00235. The summed E-state index contributed by atoms with van der Waals surface area (Å²) in [6, 6.07) is 6.61. The van der Waals surface area contributed by atoms with Crippen LogP contribution in [0.25, 0.3) is 5.69 Å². The number of hydrogen-bond donors (Lipinski definition) is 1. The van der Waals surface area contributed by atoms with E-state index in [2.05, 4.69) is 9.47 Å². The molecule has 0 fully saturated rings. The Morgan fingerprint density at radius 2 is 1.62 bits per heavy atom. The first-order chi connectivity index (χ1) is 15.4. The molecule has 11 nitrogen and oxygen atoms in total. The summed E-state index contributed by atoms with van der Waals surface area (Å²) >= 11 is 0. The second kappa shape index (κ2) is 11.3.